The van der Waals surface area contributed by atoms with Crippen LogP contribution >= 0.6 is 0 Å². The summed E-state index contributed by atoms with van der Waals surface area (Å²) in [7, 11) is 0. The Morgan fingerprint density at radius 1 is 1.38 bits per heavy atom. The van der Waals surface area contributed by atoms with Crippen LogP contribution in [0.25, 0.3) is 0 Å². The van der Waals surface area contributed by atoms with Crippen molar-refractivity contribution in [3.63, 3.8) is 0 Å². The molecule has 128 valence electrons. The number of aromatic amines is 2. The maximum atomic E-state index is 13.0. The molecule has 1 aromatic heterocycles. The third kappa shape index (κ3) is 4.00. The Labute approximate surface area is 135 Å². The van der Waals surface area contributed by atoms with Crippen molar-refractivity contribution in [2.75, 3.05) is 12.3 Å². The molecule has 1 atom stereocenters. The van der Waals surface area contributed by atoms with E-state index in [4.69, 9.17) is 10.5 Å². The first-order valence-electron chi connectivity index (χ1n) is 7.10. The lowest BCUT2D eigenvalue weighted by Crippen LogP contribution is -2.40. The van der Waals surface area contributed by atoms with E-state index in [1.54, 1.807) is 13.8 Å². The lowest BCUT2D eigenvalue weighted by atomic mass is 10.2. The molecule has 1 aromatic carbocycles. The molecular weight excluding hydrogens is 319 g/mol. The number of rotatable bonds is 5. The molecule has 9 heteroatoms. The number of hydrogen-bond acceptors (Lipinski definition) is 5. The maximum absolute atomic E-state index is 13.0. The second-order valence-electron chi connectivity index (χ2n) is 5.29. The van der Waals surface area contributed by atoms with Gasteiger partial charge < -0.3 is 20.8 Å². The monoisotopic (exact) mass is 336 g/mol. The van der Waals surface area contributed by atoms with Crippen molar-refractivity contribution in [1.82, 2.24) is 15.3 Å². The van der Waals surface area contributed by atoms with Gasteiger partial charge in [0.05, 0.1) is 6.04 Å². The highest BCUT2D eigenvalue weighted by atomic mass is 19.1. The molecule has 0 spiro atoms. The lowest BCUT2D eigenvalue weighted by Gasteiger charge is -2.16. The number of carbonyl (C=O) groups is 1. The molecule has 0 aliphatic carbocycles. The second-order valence-corrected chi connectivity index (χ2v) is 5.29. The number of aryl methyl sites for hydroxylation is 1. The van der Waals surface area contributed by atoms with Gasteiger partial charge >= 0.3 is 5.69 Å². The molecule has 5 N–H and O–H groups in total. The zero-order valence-electron chi connectivity index (χ0n) is 13.1. The Morgan fingerprint density at radius 3 is 2.75 bits per heavy atom. The maximum Gasteiger partial charge on any atom is 0.326 e. The third-order valence-electron chi connectivity index (χ3n) is 3.21. The molecule has 0 bridgehead atoms. The minimum Gasteiger partial charge on any atom is -0.491 e. The van der Waals surface area contributed by atoms with Crippen molar-refractivity contribution < 1.29 is 13.9 Å². The average Bonchev–Trinajstić information content (AvgIpc) is 2.49. The summed E-state index contributed by atoms with van der Waals surface area (Å²) in [5, 5.41) is 2.55. The van der Waals surface area contributed by atoms with Gasteiger partial charge in [-0.25, -0.2) is 9.18 Å². The summed E-state index contributed by atoms with van der Waals surface area (Å²) in [5.74, 6) is -0.584. The Hall–Kier alpha value is -3.10. The van der Waals surface area contributed by atoms with Gasteiger partial charge in [-0.15, -0.1) is 0 Å². The minimum atomic E-state index is -0.838. The minimum absolute atomic E-state index is 0.103. The molecule has 1 unspecified atom stereocenters. The highest BCUT2D eigenvalue weighted by molar-refractivity contribution is 5.96. The fourth-order valence-electron chi connectivity index (χ4n) is 2.00. The number of amides is 1. The normalized spacial score (nSPS) is 11.8. The van der Waals surface area contributed by atoms with Crippen LogP contribution in [0.1, 0.15) is 23.0 Å². The van der Waals surface area contributed by atoms with Crippen LogP contribution in [0.4, 0.5) is 10.1 Å². The molecule has 0 aliphatic heterocycles. The van der Waals surface area contributed by atoms with Crippen LogP contribution in [0.2, 0.25) is 0 Å². The van der Waals surface area contributed by atoms with E-state index in [0.717, 1.165) is 0 Å². The van der Waals surface area contributed by atoms with Crippen molar-refractivity contribution in [2.24, 2.45) is 0 Å². The fraction of sp³-hybridized carbons (Fsp3) is 0.267. The lowest BCUT2D eigenvalue weighted by molar-refractivity contribution is 0.0922. The zero-order valence-corrected chi connectivity index (χ0v) is 13.1. The first-order valence-corrected chi connectivity index (χ1v) is 7.10. The standard InChI is InChI=1S/C15H17FN4O4/c1-7-5-9(16)3-4-10(7)24-6-8(2)18-14(22)12-11(17)13(21)20-15(23)19-12/h3-5,8H,6,17H2,1-2H3,(H,18,22)(H2,19,20,21,23). The van der Waals surface area contributed by atoms with Crippen LogP contribution < -0.4 is 27.0 Å². The number of halogens is 1. The number of carbonyl (C=O) groups excluding carboxylic acids is 1. The van der Waals surface area contributed by atoms with Crippen LogP contribution in [0.3, 0.4) is 0 Å². The Kier molecular flexibility index (Phi) is 5.02. The van der Waals surface area contributed by atoms with Crippen molar-refractivity contribution in [2.45, 2.75) is 19.9 Å². The topological polar surface area (TPSA) is 130 Å². The number of anilines is 1. The molecule has 24 heavy (non-hydrogen) atoms. The molecule has 0 radical (unpaired) electrons. The van der Waals surface area contributed by atoms with E-state index < -0.39 is 23.2 Å². The Balaban J connectivity index is 2.02. The summed E-state index contributed by atoms with van der Waals surface area (Å²) < 4.78 is 18.5. The van der Waals surface area contributed by atoms with E-state index in [1.807, 2.05) is 4.98 Å². The molecule has 1 amide bonds. The van der Waals surface area contributed by atoms with Gasteiger partial charge in [0.15, 0.2) is 0 Å². The van der Waals surface area contributed by atoms with E-state index in [1.165, 1.54) is 18.2 Å². The Morgan fingerprint density at radius 2 is 2.08 bits per heavy atom. The molecule has 0 saturated carbocycles. The number of hydrogen-bond donors (Lipinski definition) is 4. The summed E-state index contributed by atoms with van der Waals surface area (Å²) in [5.41, 5.74) is 3.75. The zero-order chi connectivity index (χ0) is 17.9. The smallest absolute Gasteiger partial charge is 0.326 e. The number of nitrogen functional groups attached to an aromatic ring is 1. The average molecular weight is 336 g/mol. The van der Waals surface area contributed by atoms with Crippen LogP contribution in [-0.2, 0) is 0 Å². The summed E-state index contributed by atoms with van der Waals surface area (Å²) in [4.78, 5) is 38.8. The van der Waals surface area contributed by atoms with E-state index in [-0.39, 0.29) is 23.8 Å². The molecule has 1 heterocycles. The SMILES string of the molecule is Cc1cc(F)ccc1OCC(C)NC(=O)c1[nH]c(=O)[nH]c(=O)c1N. The number of nitrogens with two attached hydrogens (primary N) is 1. The van der Waals surface area contributed by atoms with Gasteiger partial charge in [0.2, 0.25) is 0 Å². The first kappa shape index (κ1) is 17.3. The van der Waals surface area contributed by atoms with Crippen molar-refractivity contribution in [3.05, 3.63) is 56.1 Å². The quantitative estimate of drug-likeness (QED) is 0.623. The highest BCUT2D eigenvalue weighted by Crippen LogP contribution is 2.18. The van der Waals surface area contributed by atoms with Crippen LogP contribution in [0.5, 0.6) is 5.75 Å². The van der Waals surface area contributed by atoms with Gasteiger partial charge in [0.1, 0.15) is 29.6 Å². The van der Waals surface area contributed by atoms with E-state index in [9.17, 15) is 18.8 Å². The highest BCUT2D eigenvalue weighted by Gasteiger charge is 2.16. The molecule has 0 saturated heterocycles. The van der Waals surface area contributed by atoms with Gasteiger partial charge in [-0.1, -0.05) is 0 Å². The number of nitrogens with one attached hydrogen (secondary N) is 3. The van der Waals surface area contributed by atoms with Crippen molar-refractivity contribution >= 4 is 11.6 Å². The number of benzene rings is 1. The van der Waals surface area contributed by atoms with Gasteiger partial charge in [0.25, 0.3) is 11.5 Å². The van der Waals surface area contributed by atoms with E-state index >= 15 is 0 Å². The largest absolute Gasteiger partial charge is 0.491 e. The van der Waals surface area contributed by atoms with E-state index in [0.29, 0.717) is 11.3 Å². The van der Waals surface area contributed by atoms with Gasteiger partial charge in [-0.3, -0.25) is 14.6 Å². The van der Waals surface area contributed by atoms with Crippen molar-refractivity contribution in [3.8, 4) is 5.75 Å². The predicted octanol–water partition coefficient (Wildman–Crippen LogP) is 0.290. The summed E-state index contributed by atoms with van der Waals surface area (Å²) >= 11 is 0. The second kappa shape index (κ2) is 6.99. The van der Waals surface area contributed by atoms with Crippen LogP contribution in [-0.4, -0.2) is 28.5 Å². The molecule has 2 aromatic rings. The summed E-state index contributed by atoms with van der Waals surface area (Å²) in [6, 6.07) is 3.64. The van der Waals surface area contributed by atoms with Crippen LogP contribution in [0, 0.1) is 12.7 Å². The van der Waals surface area contributed by atoms with Crippen LogP contribution in [0.15, 0.2) is 27.8 Å². The number of H-pyrrole nitrogens is 2. The molecule has 8 nitrogen and oxygen atoms in total. The number of aromatic nitrogens is 2. The summed E-state index contributed by atoms with van der Waals surface area (Å²) in [6.45, 7) is 3.47. The fourth-order valence-corrected chi connectivity index (χ4v) is 2.00. The first-order chi connectivity index (χ1) is 11.3. The molecule has 0 aliphatic rings. The number of ether oxygens (including phenoxy) is 1. The van der Waals surface area contributed by atoms with Gasteiger partial charge in [0, 0.05) is 0 Å². The molecular formula is C15H17FN4O4. The van der Waals surface area contributed by atoms with Crippen molar-refractivity contribution in [1.29, 1.82) is 0 Å². The third-order valence-corrected chi connectivity index (χ3v) is 3.21. The van der Waals surface area contributed by atoms with Gasteiger partial charge in [-0.2, -0.15) is 0 Å². The summed E-state index contributed by atoms with van der Waals surface area (Å²) in [6.07, 6.45) is 0. The van der Waals surface area contributed by atoms with E-state index in [2.05, 4.69) is 10.3 Å². The van der Waals surface area contributed by atoms with Gasteiger partial charge in [-0.05, 0) is 37.6 Å². The molecule has 2 rings (SSSR count). The molecule has 0 fully saturated rings. The predicted molar refractivity (Wildman–Crippen MR) is 85.7 cm³/mol. The Bertz CT molecular complexity index is 875.